The fourth-order valence-corrected chi connectivity index (χ4v) is 3.83. The first-order valence-electron chi connectivity index (χ1n) is 9.48. The first-order valence-corrected chi connectivity index (χ1v) is 9.48. The van der Waals surface area contributed by atoms with E-state index in [9.17, 15) is 4.79 Å². The highest BCUT2D eigenvalue weighted by atomic mass is 16.1. The van der Waals surface area contributed by atoms with Crippen molar-refractivity contribution in [1.29, 1.82) is 0 Å². The summed E-state index contributed by atoms with van der Waals surface area (Å²) in [4.78, 5) is 26.9. The molecular weight excluding hydrogens is 352 g/mol. The molecule has 5 rings (SSSR count). The summed E-state index contributed by atoms with van der Waals surface area (Å²) in [6.45, 7) is 1.45. The van der Waals surface area contributed by atoms with Crippen molar-refractivity contribution in [3.8, 4) is 11.3 Å². The fourth-order valence-electron chi connectivity index (χ4n) is 3.83. The molecule has 1 aliphatic heterocycles. The zero-order valence-corrected chi connectivity index (χ0v) is 15.3. The maximum Gasteiger partial charge on any atom is 0.266 e. The number of hydrogen-bond donors (Lipinski definition) is 1. The van der Waals surface area contributed by atoms with Crippen molar-refractivity contribution in [2.45, 2.75) is 25.4 Å². The van der Waals surface area contributed by atoms with Crippen molar-refractivity contribution in [2.24, 2.45) is 0 Å². The SMILES string of the molecule is O=c1ccc(-c2cccnc2)nn1CC1CCCN1c1nc2ccccc2[nH]1. The molecule has 1 N–H and O–H groups in total. The Hall–Kier alpha value is -3.48. The summed E-state index contributed by atoms with van der Waals surface area (Å²) in [5.41, 5.74) is 3.54. The molecule has 0 amide bonds. The van der Waals surface area contributed by atoms with Crippen LogP contribution in [0.1, 0.15) is 12.8 Å². The molecule has 0 radical (unpaired) electrons. The van der Waals surface area contributed by atoms with Crippen LogP contribution in [0.2, 0.25) is 0 Å². The van der Waals surface area contributed by atoms with E-state index in [1.807, 2.05) is 36.4 Å². The van der Waals surface area contributed by atoms with Gasteiger partial charge >= 0.3 is 0 Å². The second-order valence-corrected chi connectivity index (χ2v) is 7.05. The van der Waals surface area contributed by atoms with Crippen LogP contribution in [0.5, 0.6) is 0 Å². The van der Waals surface area contributed by atoms with E-state index in [4.69, 9.17) is 4.98 Å². The van der Waals surface area contributed by atoms with Crippen LogP contribution >= 0.6 is 0 Å². The zero-order chi connectivity index (χ0) is 18.9. The second kappa shape index (κ2) is 6.92. The molecule has 28 heavy (non-hydrogen) atoms. The van der Waals surface area contributed by atoms with E-state index in [-0.39, 0.29) is 11.6 Å². The average molecular weight is 372 g/mol. The van der Waals surface area contributed by atoms with E-state index in [0.29, 0.717) is 6.54 Å². The van der Waals surface area contributed by atoms with Crippen LogP contribution < -0.4 is 10.5 Å². The Morgan fingerprint density at radius 1 is 1.11 bits per heavy atom. The van der Waals surface area contributed by atoms with Crippen LogP contribution in [0, 0.1) is 0 Å². The molecule has 7 heteroatoms. The molecule has 0 bridgehead atoms. The highest BCUT2D eigenvalue weighted by Gasteiger charge is 2.28. The van der Waals surface area contributed by atoms with Crippen LogP contribution in [-0.4, -0.2) is 37.3 Å². The number of aromatic nitrogens is 5. The third-order valence-corrected chi connectivity index (χ3v) is 5.23. The lowest BCUT2D eigenvalue weighted by Gasteiger charge is -2.24. The number of fused-ring (bicyclic) bond motifs is 1. The van der Waals surface area contributed by atoms with E-state index in [1.165, 1.54) is 0 Å². The van der Waals surface area contributed by atoms with Crippen LogP contribution in [0.15, 0.2) is 65.7 Å². The normalized spacial score (nSPS) is 16.7. The minimum Gasteiger partial charge on any atom is -0.338 e. The molecule has 1 saturated heterocycles. The standard InChI is InChI=1S/C21H20N6O/c28-20-10-9-17(15-5-3-11-22-13-15)25-27(20)14-16-6-4-12-26(16)21-23-18-7-1-2-8-19(18)24-21/h1-3,5,7-11,13,16H,4,6,12,14H2,(H,23,24). The lowest BCUT2D eigenvalue weighted by atomic mass is 10.2. The third kappa shape index (κ3) is 3.05. The Morgan fingerprint density at radius 3 is 2.89 bits per heavy atom. The molecule has 1 fully saturated rings. The molecule has 0 saturated carbocycles. The monoisotopic (exact) mass is 372 g/mol. The lowest BCUT2D eigenvalue weighted by Crippen LogP contribution is -2.37. The molecule has 140 valence electrons. The number of para-hydroxylation sites is 2. The summed E-state index contributed by atoms with van der Waals surface area (Å²) in [5, 5.41) is 4.58. The van der Waals surface area contributed by atoms with Crippen LogP contribution in [0.3, 0.4) is 0 Å². The smallest absolute Gasteiger partial charge is 0.266 e. The molecular formula is C21H20N6O. The third-order valence-electron chi connectivity index (χ3n) is 5.23. The van der Waals surface area contributed by atoms with E-state index in [2.05, 4.69) is 20.0 Å². The molecule has 0 spiro atoms. The first kappa shape index (κ1) is 16.7. The predicted octanol–water partition coefficient (Wildman–Crippen LogP) is 2.85. The largest absolute Gasteiger partial charge is 0.338 e. The van der Waals surface area contributed by atoms with Gasteiger partial charge in [0.15, 0.2) is 0 Å². The number of pyridine rings is 1. The van der Waals surface area contributed by atoms with Gasteiger partial charge in [-0.25, -0.2) is 9.67 Å². The molecule has 4 heterocycles. The Labute approximate surface area is 161 Å². The summed E-state index contributed by atoms with van der Waals surface area (Å²) >= 11 is 0. The van der Waals surface area contributed by atoms with Crippen molar-refractivity contribution in [3.63, 3.8) is 0 Å². The van der Waals surface area contributed by atoms with E-state index in [0.717, 1.165) is 47.6 Å². The summed E-state index contributed by atoms with van der Waals surface area (Å²) in [5.74, 6) is 0.861. The van der Waals surface area contributed by atoms with Gasteiger partial charge in [0.25, 0.3) is 5.56 Å². The van der Waals surface area contributed by atoms with E-state index >= 15 is 0 Å². The Kier molecular flexibility index (Phi) is 4.12. The number of benzene rings is 1. The van der Waals surface area contributed by atoms with Gasteiger partial charge in [0, 0.05) is 30.6 Å². The minimum absolute atomic E-state index is 0.0934. The highest BCUT2D eigenvalue weighted by molar-refractivity contribution is 5.77. The molecule has 1 aliphatic rings. The molecule has 4 aromatic rings. The van der Waals surface area contributed by atoms with Crippen LogP contribution in [0.25, 0.3) is 22.3 Å². The van der Waals surface area contributed by atoms with Crippen molar-refractivity contribution in [1.82, 2.24) is 24.7 Å². The molecule has 0 aliphatic carbocycles. The van der Waals surface area contributed by atoms with Gasteiger partial charge in [-0.1, -0.05) is 12.1 Å². The Bertz CT molecular complexity index is 1130. The van der Waals surface area contributed by atoms with Gasteiger partial charge in [0.2, 0.25) is 5.95 Å². The van der Waals surface area contributed by atoms with Gasteiger partial charge in [-0.2, -0.15) is 5.10 Å². The second-order valence-electron chi connectivity index (χ2n) is 7.05. The van der Waals surface area contributed by atoms with Crippen molar-refractivity contribution < 1.29 is 0 Å². The number of imidazole rings is 1. The van der Waals surface area contributed by atoms with Crippen molar-refractivity contribution >= 4 is 17.0 Å². The molecule has 3 aromatic heterocycles. The average Bonchev–Trinajstić information content (AvgIpc) is 3.36. The number of aromatic amines is 1. The highest BCUT2D eigenvalue weighted by Crippen LogP contribution is 2.26. The molecule has 1 atom stereocenters. The predicted molar refractivity (Wildman–Crippen MR) is 108 cm³/mol. The fraction of sp³-hybridized carbons (Fsp3) is 0.238. The molecule has 1 aromatic carbocycles. The van der Waals surface area contributed by atoms with Crippen LogP contribution in [-0.2, 0) is 6.54 Å². The lowest BCUT2D eigenvalue weighted by molar-refractivity contribution is 0.487. The van der Waals surface area contributed by atoms with E-state index < -0.39 is 0 Å². The van der Waals surface area contributed by atoms with Crippen molar-refractivity contribution in [2.75, 3.05) is 11.4 Å². The van der Waals surface area contributed by atoms with Gasteiger partial charge in [-0.15, -0.1) is 0 Å². The number of nitrogens with zero attached hydrogens (tertiary/aromatic N) is 5. The molecule has 7 nitrogen and oxygen atoms in total. The number of nitrogens with one attached hydrogen (secondary N) is 1. The number of anilines is 1. The first-order chi connectivity index (χ1) is 13.8. The van der Waals surface area contributed by atoms with Gasteiger partial charge in [0.1, 0.15) is 0 Å². The summed E-state index contributed by atoms with van der Waals surface area (Å²) in [7, 11) is 0. The van der Waals surface area contributed by atoms with Crippen LogP contribution in [0.4, 0.5) is 5.95 Å². The number of H-pyrrole nitrogens is 1. The number of rotatable bonds is 4. The summed E-state index contributed by atoms with van der Waals surface area (Å²) in [6, 6.07) is 15.3. The van der Waals surface area contributed by atoms with Crippen molar-refractivity contribution in [3.05, 3.63) is 71.3 Å². The minimum atomic E-state index is -0.0934. The quantitative estimate of drug-likeness (QED) is 0.596. The van der Waals surface area contributed by atoms with E-state index in [1.54, 1.807) is 29.2 Å². The zero-order valence-electron chi connectivity index (χ0n) is 15.3. The topological polar surface area (TPSA) is 79.7 Å². The van der Waals surface area contributed by atoms with Gasteiger partial charge in [0.05, 0.1) is 29.3 Å². The summed E-state index contributed by atoms with van der Waals surface area (Å²) in [6.07, 6.45) is 5.55. The number of hydrogen-bond acceptors (Lipinski definition) is 5. The molecule has 1 unspecified atom stereocenters. The van der Waals surface area contributed by atoms with Gasteiger partial charge in [-0.05, 0) is 43.2 Å². The maximum atomic E-state index is 12.4. The Balaban J connectivity index is 1.44. The Morgan fingerprint density at radius 2 is 2.04 bits per heavy atom. The maximum absolute atomic E-state index is 12.4. The van der Waals surface area contributed by atoms with Gasteiger partial charge in [-0.3, -0.25) is 9.78 Å². The van der Waals surface area contributed by atoms with Gasteiger partial charge < -0.3 is 9.88 Å². The summed E-state index contributed by atoms with van der Waals surface area (Å²) < 4.78 is 1.56.